The summed E-state index contributed by atoms with van der Waals surface area (Å²) in [6.07, 6.45) is 9.65. The van der Waals surface area contributed by atoms with E-state index in [4.69, 9.17) is 4.74 Å². The van der Waals surface area contributed by atoms with Crippen molar-refractivity contribution in [1.82, 2.24) is 0 Å². The maximum absolute atomic E-state index is 14.9. The summed E-state index contributed by atoms with van der Waals surface area (Å²) in [7, 11) is 0. The quantitative estimate of drug-likeness (QED) is 0.366. The van der Waals surface area contributed by atoms with Gasteiger partial charge in [-0.15, -0.1) is 0 Å². The number of unbranched alkanes of at least 4 members (excludes halogenated alkanes) is 2. The van der Waals surface area contributed by atoms with Gasteiger partial charge in [0.2, 0.25) is 0 Å². The number of ether oxygens (including phenoxy) is 1. The highest BCUT2D eigenvalue weighted by Crippen LogP contribution is 2.53. The fourth-order valence-corrected chi connectivity index (χ4v) is 4.63. The molecule has 4 heteroatoms. The molecule has 0 aromatic heterocycles. The van der Waals surface area contributed by atoms with E-state index in [1.54, 1.807) is 25.1 Å². The van der Waals surface area contributed by atoms with Crippen LogP contribution in [0.15, 0.2) is 24.3 Å². The minimum absolute atomic E-state index is 0.0363. The highest BCUT2D eigenvalue weighted by Gasteiger charge is 2.35. The van der Waals surface area contributed by atoms with Gasteiger partial charge in [0.05, 0.1) is 6.61 Å². The van der Waals surface area contributed by atoms with Gasteiger partial charge in [-0.2, -0.15) is 0 Å². The van der Waals surface area contributed by atoms with E-state index < -0.39 is 17.5 Å². The average Bonchev–Trinajstić information content (AvgIpc) is 2.71. The molecule has 0 amide bonds. The maximum Gasteiger partial charge on any atom is 0.173 e. The summed E-state index contributed by atoms with van der Waals surface area (Å²) >= 11 is 0. The van der Waals surface area contributed by atoms with Crippen LogP contribution in [-0.2, 0) is 0 Å². The van der Waals surface area contributed by atoms with Crippen molar-refractivity contribution in [2.45, 2.75) is 58.8 Å². The molecular formula is C25H27F3O. The van der Waals surface area contributed by atoms with Crippen LogP contribution >= 0.6 is 0 Å². The third-order valence-corrected chi connectivity index (χ3v) is 6.23. The molecule has 0 heterocycles. The van der Waals surface area contributed by atoms with Crippen LogP contribution in [-0.4, -0.2) is 6.61 Å². The number of benzene rings is 2. The van der Waals surface area contributed by atoms with Crippen molar-refractivity contribution in [3.05, 3.63) is 47.3 Å². The zero-order valence-electron chi connectivity index (χ0n) is 17.1. The van der Waals surface area contributed by atoms with Crippen molar-refractivity contribution >= 4 is 5.57 Å². The smallest absolute Gasteiger partial charge is 0.173 e. The second-order valence-electron chi connectivity index (χ2n) is 8.07. The fourth-order valence-electron chi connectivity index (χ4n) is 4.63. The van der Waals surface area contributed by atoms with E-state index in [0.717, 1.165) is 24.8 Å². The Kier molecular flexibility index (Phi) is 5.71. The van der Waals surface area contributed by atoms with E-state index in [2.05, 4.69) is 13.0 Å². The van der Waals surface area contributed by atoms with Crippen molar-refractivity contribution in [3.63, 3.8) is 0 Å². The van der Waals surface area contributed by atoms with Crippen LogP contribution in [0.5, 0.6) is 5.75 Å². The zero-order chi connectivity index (χ0) is 20.5. The maximum atomic E-state index is 14.9. The highest BCUT2D eigenvalue weighted by atomic mass is 19.2. The molecule has 154 valence electrons. The predicted molar refractivity (Wildman–Crippen MR) is 111 cm³/mol. The second-order valence-corrected chi connectivity index (χ2v) is 8.07. The Hall–Kier alpha value is -2.23. The lowest BCUT2D eigenvalue weighted by Gasteiger charge is -2.28. The van der Waals surface area contributed by atoms with E-state index in [9.17, 15) is 13.2 Å². The van der Waals surface area contributed by atoms with Crippen LogP contribution in [0.3, 0.4) is 0 Å². The second kappa shape index (κ2) is 8.25. The molecule has 0 saturated heterocycles. The molecular weight excluding hydrogens is 373 g/mol. The van der Waals surface area contributed by atoms with Crippen molar-refractivity contribution in [2.24, 2.45) is 5.92 Å². The van der Waals surface area contributed by atoms with Crippen molar-refractivity contribution < 1.29 is 17.9 Å². The highest BCUT2D eigenvalue weighted by molar-refractivity contribution is 6.04. The molecule has 0 N–H and O–H groups in total. The Labute approximate surface area is 170 Å². The Morgan fingerprint density at radius 2 is 1.72 bits per heavy atom. The van der Waals surface area contributed by atoms with Crippen molar-refractivity contribution in [2.75, 3.05) is 6.61 Å². The molecule has 4 rings (SSSR count). The summed E-state index contributed by atoms with van der Waals surface area (Å²) in [4.78, 5) is 0. The molecule has 2 aromatic rings. The molecule has 2 aliphatic rings. The standard InChI is InChI=1S/C25H27F3O/c1-3-5-6-7-15-8-10-16(11-9-15)18-14-19-17-12-13-20(29-4-2)24(27)21(17)22(19)25(28)23(18)26/h10,12-15H,3-9,11H2,1-2H3. The predicted octanol–water partition coefficient (Wildman–Crippen LogP) is 7.91. The van der Waals surface area contributed by atoms with Gasteiger partial charge >= 0.3 is 0 Å². The van der Waals surface area contributed by atoms with E-state index in [0.29, 0.717) is 29.2 Å². The lowest BCUT2D eigenvalue weighted by molar-refractivity contribution is 0.322. The molecule has 0 saturated carbocycles. The first-order chi connectivity index (χ1) is 14.1. The van der Waals surface area contributed by atoms with Crippen LogP contribution in [0.25, 0.3) is 27.8 Å². The number of halogens is 3. The third kappa shape index (κ3) is 3.47. The zero-order valence-corrected chi connectivity index (χ0v) is 17.1. The minimum Gasteiger partial charge on any atom is -0.491 e. The molecule has 29 heavy (non-hydrogen) atoms. The molecule has 2 aliphatic carbocycles. The fraction of sp³-hybridized carbons (Fsp3) is 0.440. The van der Waals surface area contributed by atoms with Gasteiger partial charge in [0.25, 0.3) is 0 Å². The molecule has 1 unspecified atom stereocenters. The molecule has 0 radical (unpaired) electrons. The summed E-state index contributed by atoms with van der Waals surface area (Å²) in [5, 5.41) is 0. The summed E-state index contributed by atoms with van der Waals surface area (Å²) in [6, 6.07) is 4.98. The monoisotopic (exact) mass is 400 g/mol. The Morgan fingerprint density at radius 1 is 0.931 bits per heavy atom. The first-order valence-electron chi connectivity index (χ1n) is 10.7. The molecule has 1 atom stereocenters. The number of hydrogen-bond acceptors (Lipinski definition) is 1. The largest absolute Gasteiger partial charge is 0.491 e. The summed E-state index contributed by atoms with van der Waals surface area (Å²) in [5.74, 6) is -1.73. The Bertz CT molecular complexity index is 961. The molecule has 0 bridgehead atoms. The average molecular weight is 400 g/mol. The van der Waals surface area contributed by atoms with Crippen LogP contribution in [0, 0.1) is 23.4 Å². The van der Waals surface area contributed by atoms with E-state index in [1.807, 2.05) is 0 Å². The van der Waals surface area contributed by atoms with Gasteiger partial charge in [0.1, 0.15) is 0 Å². The number of hydrogen-bond donors (Lipinski definition) is 0. The molecule has 1 nitrogen and oxygen atoms in total. The topological polar surface area (TPSA) is 9.23 Å². The first-order valence-corrected chi connectivity index (χ1v) is 10.7. The summed E-state index contributed by atoms with van der Waals surface area (Å²) < 4.78 is 49.8. The number of rotatable bonds is 7. The van der Waals surface area contributed by atoms with Gasteiger partial charge in [0.15, 0.2) is 23.2 Å². The lowest BCUT2D eigenvalue weighted by Crippen LogP contribution is -2.12. The van der Waals surface area contributed by atoms with Crippen LogP contribution < -0.4 is 4.74 Å². The normalized spacial score (nSPS) is 17.3. The molecule has 2 aromatic carbocycles. The van der Waals surface area contributed by atoms with Crippen molar-refractivity contribution in [1.29, 1.82) is 0 Å². The molecule has 0 spiro atoms. The molecule has 0 aliphatic heterocycles. The lowest BCUT2D eigenvalue weighted by atomic mass is 9.76. The van der Waals surface area contributed by atoms with E-state index >= 15 is 0 Å². The Balaban J connectivity index is 1.62. The van der Waals surface area contributed by atoms with Crippen molar-refractivity contribution in [3.8, 4) is 28.0 Å². The van der Waals surface area contributed by atoms with Crippen LogP contribution in [0.4, 0.5) is 13.2 Å². The van der Waals surface area contributed by atoms with Gasteiger partial charge in [-0.25, -0.2) is 13.2 Å². The first kappa shape index (κ1) is 20.1. The Morgan fingerprint density at radius 3 is 2.41 bits per heavy atom. The number of allylic oxidation sites excluding steroid dienone is 2. The SMILES string of the molecule is CCCCCC1CC=C(c2cc3c(c(F)c2F)-c2c-3ccc(OCC)c2F)CC1. The number of fused-ring (bicyclic) bond motifs is 4. The van der Waals surface area contributed by atoms with Crippen LogP contribution in [0.2, 0.25) is 0 Å². The van der Waals surface area contributed by atoms with Gasteiger partial charge in [-0.3, -0.25) is 0 Å². The van der Waals surface area contributed by atoms with E-state index in [-0.39, 0.29) is 16.9 Å². The van der Waals surface area contributed by atoms with Gasteiger partial charge in [0, 0.05) is 16.7 Å². The molecule has 0 fully saturated rings. The minimum atomic E-state index is -0.955. The van der Waals surface area contributed by atoms with Gasteiger partial charge in [-0.05, 0) is 67.0 Å². The third-order valence-electron chi connectivity index (χ3n) is 6.23. The van der Waals surface area contributed by atoms with Gasteiger partial charge < -0.3 is 4.74 Å². The summed E-state index contributed by atoms with van der Waals surface area (Å²) in [5.41, 5.74) is 2.57. The summed E-state index contributed by atoms with van der Waals surface area (Å²) in [6.45, 7) is 4.26. The van der Waals surface area contributed by atoms with Crippen LogP contribution in [0.1, 0.15) is 64.4 Å². The van der Waals surface area contributed by atoms with E-state index in [1.165, 1.54) is 25.7 Å². The van der Waals surface area contributed by atoms with Gasteiger partial charge in [-0.1, -0.05) is 38.7 Å².